The van der Waals surface area contributed by atoms with E-state index in [0.29, 0.717) is 6.42 Å². The van der Waals surface area contributed by atoms with Gasteiger partial charge in [0.2, 0.25) is 5.91 Å². The molecule has 2 N–H and O–H groups in total. The topological polar surface area (TPSA) is 84.9 Å². The van der Waals surface area contributed by atoms with Gasteiger partial charge in [-0.3, -0.25) is 4.79 Å². The Kier molecular flexibility index (Phi) is 5.93. The summed E-state index contributed by atoms with van der Waals surface area (Å²) in [6, 6.07) is -0.975. The molecule has 6 heteroatoms. The summed E-state index contributed by atoms with van der Waals surface area (Å²) in [6.07, 6.45) is 3.09. The number of carbonyl (C=O) groups excluding carboxylic acids is 1. The van der Waals surface area contributed by atoms with Crippen molar-refractivity contribution in [1.82, 2.24) is 5.32 Å². The molecule has 2 unspecified atom stereocenters. The number of nitrogens with one attached hydrogen (secondary N) is 1. The maximum absolute atomic E-state index is 11.5. The van der Waals surface area contributed by atoms with Gasteiger partial charge in [0.25, 0.3) is 0 Å². The van der Waals surface area contributed by atoms with Crippen LogP contribution in [0.25, 0.3) is 0 Å². The molecule has 1 fully saturated rings. The van der Waals surface area contributed by atoms with Crippen LogP contribution in [0, 0.1) is 0 Å². The third-order valence-electron chi connectivity index (χ3n) is 2.68. The van der Waals surface area contributed by atoms with Crippen molar-refractivity contribution in [3.05, 3.63) is 0 Å². The predicted molar refractivity (Wildman–Crippen MR) is 59.7 cm³/mol. The summed E-state index contributed by atoms with van der Waals surface area (Å²) in [5.74, 6) is -1.36. The SMILES string of the molecule is COCC(NC(=O)CCC1CCCO1)C(=O)O. The highest BCUT2D eigenvalue weighted by atomic mass is 16.5. The van der Waals surface area contributed by atoms with Gasteiger partial charge in [-0.15, -0.1) is 0 Å². The minimum absolute atomic E-state index is 0.0268. The molecule has 1 aliphatic rings. The van der Waals surface area contributed by atoms with Crippen molar-refractivity contribution in [3.63, 3.8) is 0 Å². The second-order valence-corrected chi connectivity index (χ2v) is 4.09. The molecule has 1 amide bonds. The highest BCUT2D eigenvalue weighted by Gasteiger charge is 2.21. The molecule has 0 saturated carbocycles. The molecule has 0 aliphatic carbocycles. The normalized spacial score (nSPS) is 21.1. The van der Waals surface area contributed by atoms with E-state index in [0.717, 1.165) is 19.4 Å². The first-order valence-electron chi connectivity index (χ1n) is 5.76. The number of aliphatic carboxylic acids is 1. The zero-order chi connectivity index (χ0) is 12.7. The van der Waals surface area contributed by atoms with Crippen LogP contribution in [0.3, 0.4) is 0 Å². The first-order valence-corrected chi connectivity index (χ1v) is 5.76. The molecule has 0 radical (unpaired) electrons. The first-order chi connectivity index (χ1) is 8.13. The lowest BCUT2D eigenvalue weighted by Gasteiger charge is -2.14. The third kappa shape index (κ3) is 5.14. The zero-order valence-electron chi connectivity index (χ0n) is 9.98. The molecule has 0 bridgehead atoms. The highest BCUT2D eigenvalue weighted by molar-refractivity contribution is 5.83. The summed E-state index contributed by atoms with van der Waals surface area (Å²) >= 11 is 0. The zero-order valence-corrected chi connectivity index (χ0v) is 9.98. The van der Waals surface area contributed by atoms with Crippen LogP contribution in [0.1, 0.15) is 25.7 Å². The van der Waals surface area contributed by atoms with Crippen molar-refractivity contribution >= 4 is 11.9 Å². The molecule has 0 aromatic carbocycles. The van der Waals surface area contributed by atoms with E-state index in [4.69, 9.17) is 14.6 Å². The standard InChI is InChI=1S/C11H19NO5/c1-16-7-9(11(14)15)12-10(13)5-4-8-3-2-6-17-8/h8-9H,2-7H2,1H3,(H,12,13)(H,14,15). The van der Waals surface area contributed by atoms with Gasteiger partial charge in [0.1, 0.15) is 0 Å². The minimum Gasteiger partial charge on any atom is -0.480 e. The van der Waals surface area contributed by atoms with Crippen LogP contribution in [0.15, 0.2) is 0 Å². The fourth-order valence-corrected chi connectivity index (χ4v) is 1.77. The highest BCUT2D eigenvalue weighted by Crippen LogP contribution is 2.16. The molecule has 0 aromatic heterocycles. The Labute approximate surface area is 100 Å². The van der Waals surface area contributed by atoms with E-state index in [2.05, 4.69) is 5.32 Å². The molecule has 2 atom stereocenters. The summed E-state index contributed by atoms with van der Waals surface area (Å²) in [6.45, 7) is 0.731. The number of hydrogen-bond donors (Lipinski definition) is 2. The van der Waals surface area contributed by atoms with E-state index < -0.39 is 12.0 Å². The van der Waals surface area contributed by atoms with Gasteiger partial charge < -0.3 is 19.9 Å². The predicted octanol–water partition coefficient (Wildman–Crippen LogP) is 0.161. The Morgan fingerprint density at radius 3 is 2.88 bits per heavy atom. The molecule has 1 heterocycles. The number of rotatable bonds is 7. The van der Waals surface area contributed by atoms with Crippen LogP contribution in [0.5, 0.6) is 0 Å². The molecule has 0 spiro atoms. The molecule has 6 nitrogen and oxygen atoms in total. The molecule has 0 aromatic rings. The number of carboxylic acids is 1. The van der Waals surface area contributed by atoms with Gasteiger partial charge in [0.05, 0.1) is 12.7 Å². The Morgan fingerprint density at radius 2 is 2.35 bits per heavy atom. The van der Waals surface area contributed by atoms with E-state index in [1.54, 1.807) is 0 Å². The van der Waals surface area contributed by atoms with Crippen molar-refractivity contribution in [2.24, 2.45) is 0 Å². The fraction of sp³-hybridized carbons (Fsp3) is 0.818. The largest absolute Gasteiger partial charge is 0.480 e. The minimum atomic E-state index is -1.09. The van der Waals surface area contributed by atoms with E-state index in [-0.39, 0.29) is 25.0 Å². The van der Waals surface area contributed by atoms with E-state index >= 15 is 0 Å². The Bertz CT molecular complexity index is 263. The fourth-order valence-electron chi connectivity index (χ4n) is 1.77. The molecule has 1 aliphatic heterocycles. The molecule has 98 valence electrons. The summed E-state index contributed by atoms with van der Waals surface area (Å²) in [5.41, 5.74) is 0. The van der Waals surface area contributed by atoms with Crippen LogP contribution in [-0.4, -0.2) is 49.5 Å². The number of amides is 1. The van der Waals surface area contributed by atoms with E-state index in [1.807, 2.05) is 0 Å². The maximum atomic E-state index is 11.5. The van der Waals surface area contributed by atoms with Gasteiger partial charge in [-0.05, 0) is 19.3 Å². The van der Waals surface area contributed by atoms with Crippen molar-refractivity contribution in [2.75, 3.05) is 20.3 Å². The molecular formula is C11H19NO5. The van der Waals surface area contributed by atoms with Gasteiger partial charge in [-0.25, -0.2) is 4.79 Å². The van der Waals surface area contributed by atoms with Crippen molar-refractivity contribution in [3.8, 4) is 0 Å². The average Bonchev–Trinajstić information content (AvgIpc) is 2.78. The number of hydrogen-bond acceptors (Lipinski definition) is 4. The molecule has 1 rings (SSSR count). The number of ether oxygens (including phenoxy) is 2. The number of methoxy groups -OCH3 is 1. The average molecular weight is 245 g/mol. The quantitative estimate of drug-likeness (QED) is 0.667. The van der Waals surface area contributed by atoms with Crippen LogP contribution in [-0.2, 0) is 19.1 Å². The second-order valence-electron chi connectivity index (χ2n) is 4.09. The van der Waals surface area contributed by atoms with Crippen LogP contribution in [0.2, 0.25) is 0 Å². The van der Waals surface area contributed by atoms with Gasteiger partial charge in [0, 0.05) is 20.1 Å². The summed E-state index contributed by atoms with van der Waals surface area (Å²) < 4.78 is 10.1. The van der Waals surface area contributed by atoms with Crippen LogP contribution >= 0.6 is 0 Å². The van der Waals surface area contributed by atoms with E-state index in [9.17, 15) is 9.59 Å². The smallest absolute Gasteiger partial charge is 0.328 e. The Morgan fingerprint density at radius 1 is 1.59 bits per heavy atom. The summed E-state index contributed by atoms with van der Waals surface area (Å²) in [5, 5.41) is 11.2. The van der Waals surface area contributed by atoms with Crippen molar-refractivity contribution < 1.29 is 24.2 Å². The summed E-state index contributed by atoms with van der Waals surface area (Å²) in [4.78, 5) is 22.3. The summed E-state index contributed by atoms with van der Waals surface area (Å²) in [7, 11) is 1.40. The van der Waals surface area contributed by atoms with Crippen molar-refractivity contribution in [1.29, 1.82) is 0 Å². The monoisotopic (exact) mass is 245 g/mol. The van der Waals surface area contributed by atoms with Gasteiger partial charge in [-0.2, -0.15) is 0 Å². The molecule has 1 saturated heterocycles. The number of carbonyl (C=O) groups is 2. The lowest BCUT2D eigenvalue weighted by molar-refractivity contribution is -0.143. The third-order valence-corrected chi connectivity index (χ3v) is 2.68. The van der Waals surface area contributed by atoms with E-state index in [1.165, 1.54) is 7.11 Å². The van der Waals surface area contributed by atoms with Gasteiger partial charge >= 0.3 is 5.97 Å². The number of carboxylic acid groups (broad SMARTS) is 1. The van der Waals surface area contributed by atoms with Gasteiger partial charge in [-0.1, -0.05) is 0 Å². The molecule has 17 heavy (non-hydrogen) atoms. The van der Waals surface area contributed by atoms with Crippen LogP contribution < -0.4 is 5.32 Å². The lowest BCUT2D eigenvalue weighted by atomic mass is 10.1. The Balaban J connectivity index is 2.23. The van der Waals surface area contributed by atoms with Crippen molar-refractivity contribution in [2.45, 2.75) is 37.8 Å². The van der Waals surface area contributed by atoms with Gasteiger partial charge in [0.15, 0.2) is 6.04 Å². The van der Waals surface area contributed by atoms with Crippen LogP contribution in [0.4, 0.5) is 0 Å². The molecular weight excluding hydrogens is 226 g/mol. The lowest BCUT2D eigenvalue weighted by Crippen LogP contribution is -2.43. The second kappa shape index (κ2) is 7.24. The first kappa shape index (κ1) is 13.9. The Hall–Kier alpha value is -1.14. The maximum Gasteiger partial charge on any atom is 0.328 e.